The van der Waals surface area contributed by atoms with E-state index in [0.29, 0.717) is 12.2 Å². The van der Waals surface area contributed by atoms with Gasteiger partial charge in [0, 0.05) is 0 Å². The SMILES string of the molecule is COC(=O)C(CCSC)NC(=O)Cc1ccco1. The summed E-state index contributed by atoms with van der Waals surface area (Å²) in [5, 5.41) is 2.65. The summed E-state index contributed by atoms with van der Waals surface area (Å²) in [6, 6.07) is 2.84. The second-order valence-corrected chi connectivity index (χ2v) is 4.67. The summed E-state index contributed by atoms with van der Waals surface area (Å²) >= 11 is 1.61. The highest BCUT2D eigenvalue weighted by atomic mass is 32.2. The minimum atomic E-state index is -0.593. The Kier molecular flexibility index (Phi) is 6.35. The van der Waals surface area contributed by atoms with Crippen LogP contribution in [0, 0.1) is 0 Å². The molecule has 1 aromatic rings. The topological polar surface area (TPSA) is 68.5 Å². The number of amides is 1. The van der Waals surface area contributed by atoms with Crippen molar-refractivity contribution in [3.63, 3.8) is 0 Å². The fourth-order valence-electron chi connectivity index (χ4n) is 1.44. The summed E-state index contributed by atoms with van der Waals surface area (Å²) in [7, 11) is 1.31. The average Bonchev–Trinajstić information content (AvgIpc) is 2.86. The largest absolute Gasteiger partial charge is 0.469 e. The predicted octanol–water partition coefficient (Wildman–Crippen LogP) is 1.23. The van der Waals surface area contributed by atoms with Gasteiger partial charge in [0.2, 0.25) is 5.91 Å². The molecule has 0 aliphatic heterocycles. The first-order valence-electron chi connectivity index (χ1n) is 5.56. The minimum Gasteiger partial charge on any atom is -0.469 e. The molecule has 1 amide bonds. The van der Waals surface area contributed by atoms with Crippen molar-refractivity contribution in [2.75, 3.05) is 19.1 Å². The van der Waals surface area contributed by atoms with Crippen molar-refractivity contribution in [3.8, 4) is 0 Å². The van der Waals surface area contributed by atoms with Crippen molar-refractivity contribution < 1.29 is 18.7 Å². The number of esters is 1. The zero-order valence-electron chi connectivity index (χ0n) is 10.5. The van der Waals surface area contributed by atoms with Crippen LogP contribution >= 0.6 is 11.8 Å². The quantitative estimate of drug-likeness (QED) is 0.755. The lowest BCUT2D eigenvalue weighted by Crippen LogP contribution is -2.42. The molecule has 1 aromatic heterocycles. The molecule has 0 saturated heterocycles. The lowest BCUT2D eigenvalue weighted by atomic mass is 10.2. The monoisotopic (exact) mass is 271 g/mol. The normalized spacial score (nSPS) is 11.9. The summed E-state index contributed by atoms with van der Waals surface area (Å²) in [5.74, 6) is 0.681. The van der Waals surface area contributed by atoms with E-state index in [4.69, 9.17) is 4.42 Å². The molecule has 1 rings (SSSR count). The molecule has 1 atom stereocenters. The van der Waals surface area contributed by atoms with Gasteiger partial charge in [0.15, 0.2) is 0 Å². The third-order valence-corrected chi connectivity index (χ3v) is 2.99. The van der Waals surface area contributed by atoms with Crippen LogP contribution in [0.4, 0.5) is 0 Å². The summed E-state index contributed by atoms with van der Waals surface area (Å²) in [6.07, 6.45) is 4.13. The van der Waals surface area contributed by atoms with Crippen molar-refractivity contribution in [1.82, 2.24) is 5.32 Å². The van der Waals surface area contributed by atoms with Gasteiger partial charge in [0.25, 0.3) is 0 Å². The number of hydrogen-bond acceptors (Lipinski definition) is 5. The van der Waals surface area contributed by atoms with E-state index in [1.807, 2.05) is 6.26 Å². The van der Waals surface area contributed by atoms with E-state index in [2.05, 4.69) is 10.1 Å². The Hall–Kier alpha value is -1.43. The highest BCUT2D eigenvalue weighted by Gasteiger charge is 2.21. The first-order chi connectivity index (χ1) is 8.67. The molecule has 18 heavy (non-hydrogen) atoms. The molecule has 0 spiro atoms. The van der Waals surface area contributed by atoms with Gasteiger partial charge in [-0.25, -0.2) is 4.79 Å². The zero-order valence-corrected chi connectivity index (χ0v) is 11.3. The van der Waals surface area contributed by atoms with Crippen LogP contribution in [0.5, 0.6) is 0 Å². The molecule has 5 nitrogen and oxygen atoms in total. The van der Waals surface area contributed by atoms with Gasteiger partial charge in [-0.1, -0.05) is 0 Å². The number of nitrogens with one attached hydrogen (secondary N) is 1. The van der Waals surface area contributed by atoms with Crippen molar-refractivity contribution in [1.29, 1.82) is 0 Å². The van der Waals surface area contributed by atoms with Gasteiger partial charge < -0.3 is 14.5 Å². The van der Waals surface area contributed by atoms with Crippen LogP contribution < -0.4 is 5.32 Å². The first kappa shape index (κ1) is 14.6. The number of carbonyl (C=O) groups excluding carboxylic acids is 2. The Morgan fingerprint density at radius 2 is 2.33 bits per heavy atom. The molecule has 0 fully saturated rings. The number of hydrogen-bond donors (Lipinski definition) is 1. The highest BCUT2D eigenvalue weighted by Crippen LogP contribution is 2.05. The third kappa shape index (κ3) is 4.83. The van der Waals surface area contributed by atoms with Crippen molar-refractivity contribution >= 4 is 23.6 Å². The van der Waals surface area contributed by atoms with Crippen LogP contribution in [0.3, 0.4) is 0 Å². The Morgan fingerprint density at radius 1 is 1.56 bits per heavy atom. The molecule has 1 N–H and O–H groups in total. The van der Waals surface area contributed by atoms with Crippen LogP contribution in [0.2, 0.25) is 0 Å². The molecule has 0 aliphatic carbocycles. The molecule has 0 radical (unpaired) electrons. The summed E-state index contributed by atoms with van der Waals surface area (Å²) in [5.41, 5.74) is 0. The van der Waals surface area contributed by atoms with Gasteiger partial charge in [-0.3, -0.25) is 4.79 Å². The molecular weight excluding hydrogens is 254 g/mol. The van der Waals surface area contributed by atoms with Crippen LogP contribution in [0.1, 0.15) is 12.2 Å². The molecule has 0 bridgehead atoms. The Morgan fingerprint density at radius 3 is 2.89 bits per heavy atom. The second-order valence-electron chi connectivity index (χ2n) is 3.68. The summed E-state index contributed by atoms with van der Waals surface area (Å²) in [6.45, 7) is 0. The minimum absolute atomic E-state index is 0.125. The maximum Gasteiger partial charge on any atom is 0.328 e. The number of carbonyl (C=O) groups is 2. The lowest BCUT2D eigenvalue weighted by Gasteiger charge is -2.15. The van der Waals surface area contributed by atoms with Crippen molar-refractivity contribution in [3.05, 3.63) is 24.2 Å². The van der Waals surface area contributed by atoms with Crippen LogP contribution in [-0.2, 0) is 20.7 Å². The number of ether oxygens (including phenoxy) is 1. The van der Waals surface area contributed by atoms with Gasteiger partial charge in [0.05, 0.1) is 19.8 Å². The fourth-order valence-corrected chi connectivity index (χ4v) is 1.92. The number of rotatable bonds is 7. The van der Waals surface area contributed by atoms with Crippen LogP contribution in [0.25, 0.3) is 0 Å². The van der Waals surface area contributed by atoms with Crippen molar-refractivity contribution in [2.45, 2.75) is 18.9 Å². The van der Waals surface area contributed by atoms with E-state index in [0.717, 1.165) is 5.75 Å². The highest BCUT2D eigenvalue weighted by molar-refractivity contribution is 7.98. The molecule has 0 saturated carbocycles. The number of furan rings is 1. The molecule has 6 heteroatoms. The van der Waals surface area contributed by atoms with E-state index in [1.54, 1.807) is 23.9 Å². The molecular formula is C12H17NO4S. The maximum atomic E-state index is 11.7. The summed E-state index contributed by atoms with van der Waals surface area (Å²) in [4.78, 5) is 23.2. The van der Waals surface area contributed by atoms with Gasteiger partial charge in [-0.05, 0) is 30.6 Å². The molecule has 0 aliphatic rings. The summed E-state index contributed by atoms with van der Waals surface area (Å²) < 4.78 is 9.73. The Bertz CT molecular complexity index is 377. The Labute approximate surface area is 110 Å². The lowest BCUT2D eigenvalue weighted by molar-refractivity contribution is -0.145. The molecule has 100 valence electrons. The number of thioether (sulfide) groups is 1. The Balaban J connectivity index is 2.48. The standard InChI is InChI=1S/C12H17NO4S/c1-16-12(15)10(5-7-18-2)13-11(14)8-9-4-3-6-17-9/h3-4,6,10H,5,7-8H2,1-2H3,(H,13,14). The zero-order chi connectivity index (χ0) is 13.4. The first-order valence-corrected chi connectivity index (χ1v) is 6.95. The van der Waals surface area contributed by atoms with Crippen LogP contribution in [0.15, 0.2) is 22.8 Å². The predicted molar refractivity (Wildman–Crippen MR) is 69.4 cm³/mol. The maximum absolute atomic E-state index is 11.7. The van der Waals surface area contributed by atoms with Gasteiger partial charge >= 0.3 is 5.97 Å². The molecule has 1 heterocycles. The molecule has 0 aromatic carbocycles. The van der Waals surface area contributed by atoms with Gasteiger partial charge in [-0.2, -0.15) is 11.8 Å². The van der Waals surface area contributed by atoms with E-state index < -0.39 is 12.0 Å². The average molecular weight is 271 g/mol. The van der Waals surface area contributed by atoms with E-state index in [1.165, 1.54) is 13.4 Å². The third-order valence-electron chi connectivity index (χ3n) is 2.35. The van der Waals surface area contributed by atoms with Gasteiger partial charge in [0.1, 0.15) is 11.8 Å². The number of methoxy groups -OCH3 is 1. The van der Waals surface area contributed by atoms with E-state index in [9.17, 15) is 9.59 Å². The fraction of sp³-hybridized carbons (Fsp3) is 0.500. The van der Waals surface area contributed by atoms with E-state index in [-0.39, 0.29) is 12.3 Å². The smallest absolute Gasteiger partial charge is 0.328 e. The van der Waals surface area contributed by atoms with Gasteiger partial charge in [-0.15, -0.1) is 0 Å². The van der Waals surface area contributed by atoms with E-state index >= 15 is 0 Å². The second kappa shape index (κ2) is 7.81. The molecule has 1 unspecified atom stereocenters. The van der Waals surface area contributed by atoms with Crippen molar-refractivity contribution in [2.24, 2.45) is 0 Å². The van der Waals surface area contributed by atoms with Crippen LogP contribution in [-0.4, -0.2) is 37.0 Å².